The molecule has 3 N–H and O–H groups in total. The van der Waals surface area contributed by atoms with Crippen LogP contribution in [0.1, 0.15) is 12.6 Å². The Kier molecular flexibility index (Phi) is 2.21. The molecule has 1 aromatic carbocycles. The maximum atomic E-state index is 13.0. The molecule has 0 fully saturated rings. The third-order valence-electron chi connectivity index (χ3n) is 2.12. The highest BCUT2D eigenvalue weighted by atomic mass is 19.1. The summed E-state index contributed by atoms with van der Waals surface area (Å²) in [6, 6.07) is 4.59. The zero-order valence-corrected chi connectivity index (χ0v) is 7.92. The first-order chi connectivity index (χ1) is 6.66. The Morgan fingerprint density at radius 1 is 1.57 bits per heavy atom. The molecule has 0 saturated carbocycles. The van der Waals surface area contributed by atoms with Crippen LogP contribution in [-0.2, 0) is 6.42 Å². The predicted molar refractivity (Wildman–Crippen MR) is 53.4 cm³/mol. The second-order valence-electron chi connectivity index (χ2n) is 3.55. The molecule has 0 aliphatic carbocycles. The summed E-state index contributed by atoms with van der Waals surface area (Å²) in [6.45, 7) is 1.91. The van der Waals surface area contributed by atoms with Crippen LogP contribution in [-0.4, -0.2) is 16.2 Å². The molecule has 74 valence electrons. The summed E-state index contributed by atoms with van der Waals surface area (Å²) in [5.74, 6) is -0.246. The van der Waals surface area contributed by atoms with Gasteiger partial charge in [-0.15, -0.1) is 0 Å². The molecule has 0 radical (unpaired) electrons. The van der Waals surface area contributed by atoms with Crippen LogP contribution in [0.3, 0.4) is 0 Å². The molecule has 3 nitrogen and oxygen atoms in total. The van der Waals surface area contributed by atoms with Gasteiger partial charge in [-0.1, -0.05) is 0 Å². The van der Waals surface area contributed by atoms with Gasteiger partial charge in [0.1, 0.15) is 5.82 Å². The monoisotopic (exact) mass is 193 g/mol. The molecule has 1 heterocycles. The van der Waals surface area contributed by atoms with E-state index in [1.165, 1.54) is 12.1 Å². The number of benzene rings is 1. The molecular weight excluding hydrogens is 181 g/mol. The number of aromatic amines is 1. The minimum atomic E-state index is -0.246. The molecule has 4 heteroatoms. The Hall–Kier alpha value is -1.42. The normalized spacial score (nSPS) is 13.4. The quantitative estimate of drug-likeness (QED) is 0.761. The minimum absolute atomic E-state index is 0.0434. The summed E-state index contributed by atoms with van der Waals surface area (Å²) in [5, 5.41) is 7.76. The highest BCUT2D eigenvalue weighted by molar-refractivity contribution is 5.81. The zero-order chi connectivity index (χ0) is 10.1. The first-order valence-electron chi connectivity index (χ1n) is 4.55. The van der Waals surface area contributed by atoms with Crippen LogP contribution < -0.4 is 5.73 Å². The van der Waals surface area contributed by atoms with Gasteiger partial charge in [0.25, 0.3) is 0 Å². The van der Waals surface area contributed by atoms with Crippen molar-refractivity contribution in [2.24, 2.45) is 5.73 Å². The van der Waals surface area contributed by atoms with E-state index in [0.29, 0.717) is 6.42 Å². The average molecular weight is 193 g/mol. The second-order valence-corrected chi connectivity index (χ2v) is 3.55. The number of nitrogens with two attached hydrogens (primary N) is 1. The van der Waals surface area contributed by atoms with E-state index in [0.717, 1.165) is 16.6 Å². The van der Waals surface area contributed by atoms with Gasteiger partial charge in [-0.05, 0) is 25.1 Å². The van der Waals surface area contributed by atoms with Gasteiger partial charge >= 0.3 is 0 Å². The molecule has 2 rings (SSSR count). The lowest BCUT2D eigenvalue weighted by molar-refractivity contribution is 0.629. The van der Waals surface area contributed by atoms with E-state index in [1.807, 2.05) is 6.92 Å². The smallest absolute Gasteiger partial charge is 0.124 e. The number of nitrogens with zero attached hydrogens (tertiary/aromatic N) is 1. The standard InChI is InChI=1S/C10H12FN3/c1-6(12)4-10-8-5-7(11)2-3-9(8)13-14-10/h2-3,5-6H,4,12H2,1H3,(H,13,14). The fourth-order valence-corrected chi connectivity index (χ4v) is 1.51. The Morgan fingerprint density at radius 3 is 3.07 bits per heavy atom. The average Bonchev–Trinajstić information content (AvgIpc) is 2.47. The Balaban J connectivity index is 2.50. The van der Waals surface area contributed by atoms with E-state index in [-0.39, 0.29) is 11.9 Å². The Bertz CT molecular complexity index is 448. The van der Waals surface area contributed by atoms with Gasteiger partial charge in [0, 0.05) is 23.5 Å². The zero-order valence-electron chi connectivity index (χ0n) is 7.92. The third kappa shape index (κ3) is 1.61. The van der Waals surface area contributed by atoms with Crippen LogP contribution >= 0.6 is 0 Å². The van der Waals surface area contributed by atoms with Crippen molar-refractivity contribution in [3.63, 3.8) is 0 Å². The third-order valence-corrected chi connectivity index (χ3v) is 2.12. The van der Waals surface area contributed by atoms with Crippen molar-refractivity contribution in [2.75, 3.05) is 0 Å². The highest BCUT2D eigenvalue weighted by Gasteiger charge is 2.07. The first kappa shape index (κ1) is 9.15. The lowest BCUT2D eigenvalue weighted by atomic mass is 10.1. The molecule has 0 amide bonds. The summed E-state index contributed by atoms with van der Waals surface area (Å²) in [6.07, 6.45) is 0.681. The van der Waals surface area contributed by atoms with Crippen LogP contribution in [0.5, 0.6) is 0 Å². The van der Waals surface area contributed by atoms with Crippen LogP contribution in [0, 0.1) is 5.82 Å². The number of halogens is 1. The second kappa shape index (κ2) is 3.38. The van der Waals surface area contributed by atoms with Gasteiger partial charge in [0.05, 0.1) is 5.52 Å². The summed E-state index contributed by atoms with van der Waals surface area (Å²) in [4.78, 5) is 0. The van der Waals surface area contributed by atoms with Crippen molar-refractivity contribution in [3.8, 4) is 0 Å². The molecule has 1 unspecified atom stereocenters. The summed E-state index contributed by atoms with van der Waals surface area (Å²) >= 11 is 0. The molecule has 1 aromatic heterocycles. The molecule has 0 bridgehead atoms. The van der Waals surface area contributed by atoms with E-state index in [4.69, 9.17) is 5.73 Å². The summed E-state index contributed by atoms with van der Waals surface area (Å²) in [5.41, 5.74) is 7.35. The number of fused-ring (bicyclic) bond motifs is 1. The topological polar surface area (TPSA) is 54.7 Å². The van der Waals surface area contributed by atoms with Crippen LogP contribution in [0.25, 0.3) is 10.9 Å². The summed E-state index contributed by atoms with van der Waals surface area (Å²) < 4.78 is 13.0. The fourth-order valence-electron chi connectivity index (χ4n) is 1.51. The van der Waals surface area contributed by atoms with E-state index in [9.17, 15) is 4.39 Å². The van der Waals surface area contributed by atoms with Crippen molar-refractivity contribution < 1.29 is 4.39 Å². The fraction of sp³-hybridized carbons (Fsp3) is 0.300. The lowest BCUT2D eigenvalue weighted by Crippen LogP contribution is -2.18. The molecule has 0 aliphatic heterocycles. The number of rotatable bonds is 2. The number of nitrogens with one attached hydrogen (secondary N) is 1. The molecular formula is C10H12FN3. The van der Waals surface area contributed by atoms with Crippen molar-refractivity contribution in [3.05, 3.63) is 29.7 Å². The van der Waals surface area contributed by atoms with Gasteiger partial charge in [-0.25, -0.2) is 4.39 Å². The van der Waals surface area contributed by atoms with E-state index in [2.05, 4.69) is 10.2 Å². The molecule has 0 spiro atoms. The summed E-state index contributed by atoms with van der Waals surface area (Å²) in [7, 11) is 0. The Morgan fingerprint density at radius 2 is 2.36 bits per heavy atom. The van der Waals surface area contributed by atoms with Crippen molar-refractivity contribution in [1.82, 2.24) is 10.2 Å². The predicted octanol–water partition coefficient (Wildman–Crippen LogP) is 1.59. The van der Waals surface area contributed by atoms with Gasteiger partial charge < -0.3 is 5.73 Å². The van der Waals surface area contributed by atoms with Gasteiger partial charge in [-0.2, -0.15) is 5.10 Å². The van der Waals surface area contributed by atoms with E-state index < -0.39 is 0 Å². The van der Waals surface area contributed by atoms with Crippen molar-refractivity contribution in [1.29, 1.82) is 0 Å². The maximum Gasteiger partial charge on any atom is 0.124 e. The largest absolute Gasteiger partial charge is 0.328 e. The van der Waals surface area contributed by atoms with Gasteiger partial charge in [0.15, 0.2) is 0 Å². The lowest BCUT2D eigenvalue weighted by Gasteiger charge is -2.01. The van der Waals surface area contributed by atoms with Crippen LogP contribution in [0.4, 0.5) is 4.39 Å². The van der Waals surface area contributed by atoms with E-state index in [1.54, 1.807) is 6.07 Å². The van der Waals surface area contributed by atoms with Crippen LogP contribution in [0.2, 0.25) is 0 Å². The number of hydrogen-bond acceptors (Lipinski definition) is 2. The number of aromatic nitrogens is 2. The SMILES string of the molecule is CC(N)Cc1[nH]nc2ccc(F)cc12. The van der Waals surface area contributed by atoms with Gasteiger partial charge in [0.2, 0.25) is 0 Å². The number of H-pyrrole nitrogens is 1. The van der Waals surface area contributed by atoms with Crippen molar-refractivity contribution in [2.45, 2.75) is 19.4 Å². The molecule has 0 aliphatic rings. The molecule has 2 aromatic rings. The molecule has 14 heavy (non-hydrogen) atoms. The maximum absolute atomic E-state index is 13.0. The minimum Gasteiger partial charge on any atom is -0.328 e. The number of hydrogen-bond donors (Lipinski definition) is 2. The van der Waals surface area contributed by atoms with Crippen LogP contribution in [0.15, 0.2) is 18.2 Å². The molecule has 0 saturated heterocycles. The Labute approximate surface area is 81.1 Å². The van der Waals surface area contributed by atoms with Gasteiger partial charge in [-0.3, -0.25) is 5.10 Å². The first-order valence-corrected chi connectivity index (χ1v) is 4.55. The highest BCUT2D eigenvalue weighted by Crippen LogP contribution is 2.17. The van der Waals surface area contributed by atoms with Crippen molar-refractivity contribution >= 4 is 10.9 Å². The molecule has 1 atom stereocenters. The van der Waals surface area contributed by atoms with E-state index >= 15 is 0 Å².